The Balaban J connectivity index is 1.63. The molecular weight excluding hydrogens is 501 g/mol. The van der Waals surface area contributed by atoms with E-state index in [1.54, 1.807) is 24.7 Å². The van der Waals surface area contributed by atoms with Gasteiger partial charge < -0.3 is 19.9 Å². The Bertz CT molecular complexity index is 1190. The molecule has 1 fully saturated rings. The molecule has 1 saturated heterocycles. The number of nitrogens with zero attached hydrogens (tertiary/aromatic N) is 4. The number of aliphatic hydroxyl groups is 1. The van der Waals surface area contributed by atoms with Crippen molar-refractivity contribution in [2.75, 3.05) is 11.1 Å². The lowest BCUT2D eigenvalue weighted by atomic mass is 10.2. The SMILES string of the molecule is CC(=O)SC[C@@H]1C[C@@H](OC(C)(C)O)[C@H](n2ncc3c(NCc4ccccc4Cl)nc(Cl)nc32)O1. The molecule has 2 N–H and O–H groups in total. The molecule has 1 aliphatic heterocycles. The maximum Gasteiger partial charge on any atom is 0.226 e. The van der Waals surface area contributed by atoms with Gasteiger partial charge in [0.15, 0.2) is 22.8 Å². The lowest BCUT2D eigenvalue weighted by Gasteiger charge is -2.26. The molecular formula is C22H25Cl2N5O4S. The highest BCUT2D eigenvalue weighted by molar-refractivity contribution is 8.13. The predicted molar refractivity (Wildman–Crippen MR) is 132 cm³/mol. The maximum atomic E-state index is 11.4. The van der Waals surface area contributed by atoms with Crippen molar-refractivity contribution in [2.24, 2.45) is 0 Å². The van der Waals surface area contributed by atoms with Crippen LogP contribution < -0.4 is 5.32 Å². The molecule has 0 aliphatic carbocycles. The standard InChI is InChI=1S/C22H25Cl2N5O4S/c1-12(30)34-11-14-8-17(33-22(2,3)31)20(32-14)29-19-15(10-26-29)18(27-21(24)28-19)25-9-13-6-4-5-7-16(13)23/h4-7,10,14,17,20,31H,8-9,11H2,1-3H3,(H,25,27,28)/t14-,17+,20+/m0/s1. The van der Waals surface area contributed by atoms with Crippen molar-refractivity contribution in [1.29, 1.82) is 0 Å². The zero-order chi connectivity index (χ0) is 24.5. The van der Waals surface area contributed by atoms with Crippen molar-refractivity contribution < 1.29 is 19.4 Å². The number of fused-ring (bicyclic) bond motifs is 1. The summed E-state index contributed by atoms with van der Waals surface area (Å²) in [4.78, 5) is 20.1. The van der Waals surface area contributed by atoms with E-state index in [0.29, 0.717) is 40.6 Å². The number of hydrogen-bond donors (Lipinski definition) is 2. The largest absolute Gasteiger partial charge is 0.366 e. The molecule has 2 aromatic heterocycles. The van der Waals surface area contributed by atoms with Crippen LogP contribution in [0.5, 0.6) is 0 Å². The van der Waals surface area contributed by atoms with E-state index in [1.165, 1.54) is 18.7 Å². The van der Waals surface area contributed by atoms with E-state index in [4.69, 9.17) is 32.7 Å². The molecule has 4 rings (SSSR count). The number of carbonyl (C=O) groups is 1. The summed E-state index contributed by atoms with van der Waals surface area (Å²) in [6.07, 6.45) is 0.647. The van der Waals surface area contributed by atoms with Crippen LogP contribution in [0.4, 0.5) is 5.82 Å². The molecule has 3 heterocycles. The second-order valence-corrected chi connectivity index (χ2v) is 10.3. The first kappa shape index (κ1) is 25.2. The molecule has 9 nitrogen and oxygen atoms in total. The first-order valence-corrected chi connectivity index (χ1v) is 12.4. The van der Waals surface area contributed by atoms with Gasteiger partial charge in [-0.05, 0) is 37.1 Å². The van der Waals surface area contributed by atoms with Crippen LogP contribution in [0.15, 0.2) is 30.5 Å². The number of ether oxygens (including phenoxy) is 2. The number of anilines is 1. The van der Waals surface area contributed by atoms with Crippen LogP contribution in [0.2, 0.25) is 10.3 Å². The van der Waals surface area contributed by atoms with Crippen molar-refractivity contribution in [3.63, 3.8) is 0 Å². The lowest BCUT2D eigenvalue weighted by Crippen LogP contribution is -2.34. The van der Waals surface area contributed by atoms with Crippen molar-refractivity contribution in [3.05, 3.63) is 46.3 Å². The summed E-state index contributed by atoms with van der Waals surface area (Å²) in [7, 11) is 0. The van der Waals surface area contributed by atoms with E-state index in [2.05, 4.69) is 20.4 Å². The molecule has 3 atom stereocenters. The van der Waals surface area contributed by atoms with Gasteiger partial charge in [0.2, 0.25) is 5.28 Å². The number of rotatable bonds is 8. The third-order valence-electron chi connectivity index (χ3n) is 5.13. The Morgan fingerprint density at radius 2 is 2.12 bits per heavy atom. The number of halogens is 2. The fourth-order valence-corrected chi connectivity index (χ4v) is 4.77. The normalized spacial score (nSPS) is 20.7. The van der Waals surface area contributed by atoms with Crippen molar-refractivity contribution in [3.8, 4) is 0 Å². The monoisotopic (exact) mass is 525 g/mol. The number of carbonyl (C=O) groups excluding carboxylic acids is 1. The van der Waals surface area contributed by atoms with Gasteiger partial charge in [-0.3, -0.25) is 4.79 Å². The zero-order valence-corrected chi connectivity index (χ0v) is 21.2. The first-order chi connectivity index (χ1) is 16.1. The highest BCUT2D eigenvalue weighted by atomic mass is 35.5. The van der Waals surface area contributed by atoms with Crippen LogP contribution >= 0.6 is 35.0 Å². The van der Waals surface area contributed by atoms with Crippen molar-refractivity contribution in [1.82, 2.24) is 19.7 Å². The van der Waals surface area contributed by atoms with Gasteiger partial charge in [0.05, 0.1) is 17.7 Å². The average molecular weight is 526 g/mol. The van der Waals surface area contributed by atoms with Crippen LogP contribution in [0.25, 0.3) is 11.0 Å². The maximum absolute atomic E-state index is 11.4. The van der Waals surface area contributed by atoms with Crippen LogP contribution in [-0.2, 0) is 20.8 Å². The van der Waals surface area contributed by atoms with Gasteiger partial charge in [-0.25, -0.2) is 4.68 Å². The van der Waals surface area contributed by atoms with Crippen molar-refractivity contribution >= 4 is 56.9 Å². The third kappa shape index (κ3) is 5.99. The first-order valence-electron chi connectivity index (χ1n) is 10.7. The van der Waals surface area contributed by atoms with E-state index >= 15 is 0 Å². The number of aromatic nitrogens is 4. The fraction of sp³-hybridized carbons (Fsp3) is 0.455. The zero-order valence-electron chi connectivity index (χ0n) is 18.9. The Labute approximate surface area is 211 Å². The molecule has 1 aromatic carbocycles. The van der Waals surface area contributed by atoms with Gasteiger partial charge in [-0.2, -0.15) is 15.1 Å². The minimum atomic E-state index is -1.38. The summed E-state index contributed by atoms with van der Waals surface area (Å²) < 4.78 is 13.6. The fourth-order valence-electron chi connectivity index (χ4n) is 3.77. The predicted octanol–water partition coefficient (Wildman–Crippen LogP) is 4.43. The summed E-state index contributed by atoms with van der Waals surface area (Å²) in [6, 6.07) is 7.51. The highest BCUT2D eigenvalue weighted by Gasteiger charge is 2.41. The third-order valence-corrected chi connectivity index (χ3v) is 6.61. The molecule has 3 aromatic rings. The van der Waals surface area contributed by atoms with Gasteiger partial charge in [0.1, 0.15) is 11.9 Å². The average Bonchev–Trinajstić information content (AvgIpc) is 3.33. The quantitative estimate of drug-likeness (QED) is 0.325. The van der Waals surface area contributed by atoms with E-state index < -0.39 is 18.1 Å². The topological polar surface area (TPSA) is 111 Å². The smallest absolute Gasteiger partial charge is 0.226 e. The van der Waals surface area contributed by atoms with Crippen LogP contribution in [0.3, 0.4) is 0 Å². The van der Waals surface area contributed by atoms with E-state index in [0.717, 1.165) is 5.56 Å². The molecule has 0 saturated carbocycles. The van der Waals surface area contributed by atoms with Gasteiger partial charge in [0, 0.05) is 30.7 Å². The number of nitrogens with one attached hydrogen (secondary N) is 1. The number of thioether (sulfide) groups is 1. The minimum absolute atomic E-state index is 0.00491. The Hall–Kier alpha value is -1.95. The molecule has 0 amide bonds. The minimum Gasteiger partial charge on any atom is -0.366 e. The van der Waals surface area contributed by atoms with E-state index in [9.17, 15) is 9.90 Å². The van der Waals surface area contributed by atoms with Gasteiger partial charge in [-0.15, -0.1) is 0 Å². The van der Waals surface area contributed by atoms with Gasteiger partial charge in [0.25, 0.3) is 0 Å². The van der Waals surface area contributed by atoms with Gasteiger partial charge in [-0.1, -0.05) is 41.6 Å². The van der Waals surface area contributed by atoms with Crippen LogP contribution in [0, 0.1) is 0 Å². The van der Waals surface area contributed by atoms with Crippen LogP contribution in [-0.4, -0.2) is 53.7 Å². The molecule has 182 valence electrons. The van der Waals surface area contributed by atoms with E-state index in [1.807, 2.05) is 24.3 Å². The van der Waals surface area contributed by atoms with Gasteiger partial charge >= 0.3 is 0 Å². The molecule has 34 heavy (non-hydrogen) atoms. The Morgan fingerprint density at radius 3 is 2.82 bits per heavy atom. The van der Waals surface area contributed by atoms with Crippen LogP contribution in [0.1, 0.15) is 39.0 Å². The molecule has 12 heteroatoms. The van der Waals surface area contributed by atoms with E-state index in [-0.39, 0.29) is 16.5 Å². The molecule has 0 bridgehead atoms. The number of benzene rings is 1. The Kier molecular flexibility index (Phi) is 7.66. The molecule has 1 aliphatic rings. The molecule has 0 radical (unpaired) electrons. The summed E-state index contributed by atoms with van der Waals surface area (Å²) in [5.41, 5.74) is 1.36. The highest BCUT2D eigenvalue weighted by Crippen LogP contribution is 2.37. The summed E-state index contributed by atoms with van der Waals surface area (Å²) >= 11 is 13.7. The lowest BCUT2D eigenvalue weighted by molar-refractivity contribution is -0.223. The Morgan fingerprint density at radius 1 is 1.35 bits per heavy atom. The molecule has 0 unspecified atom stereocenters. The van der Waals surface area contributed by atoms with Crippen molar-refractivity contribution in [2.45, 2.75) is 58.0 Å². The second-order valence-electron chi connectivity index (χ2n) is 8.40. The summed E-state index contributed by atoms with van der Waals surface area (Å²) in [5.74, 6) is -0.411. The second kappa shape index (κ2) is 10.3. The summed E-state index contributed by atoms with van der Waals surface area (Å²) in [6.45, 7) is 5.05. The number of hydrogen-bond acceptors (Lipinski definition) is 9. The molecule has 0 spiro atoms. The summed E-state index contributed by atoms with van der Waals surface area (Å²) in [5, 5.41) is 19.3.